The third-order valence-electron chi connectivity index (χ3n) is 7.04. The maximum Gasteiger partial charge on any atom is 0.254 e. The Labute approximate surface area is 176 Å². The van der Waals surface area contributed by atoms with Gasteiger partial charge in [-0.2, -0.15) is 5.26 Å². The Bertz CT molecular complexity index is 1140. The van der Waals surface area contributed by atoms with E-state index < -0.39 is 0 Å². The monoisotopic (exact) mass is 398 g/mol. The van der Waals surface area contributed by atoms with Crippen LogP contribution in [-0.4, -0.2) is 40.5 Å². The molecule has 30 heavy (non-hydrogen) atoms. The highest BCUT2D eigenvalue weighted by molar-refractivity contribution is 6.13. The lowest BCUT2D eigenvalue weighted by molar-refractivity contribution is 0.0884. The van der Waals surface area contributed by atoms with Crippen LogP contribution in [0.5, 0.6) is 0 Å². The first kappa shape index (κ1) is 18.9. The van der Waals surface area contributed by atoms with E-state index in [2.05, 4.69) is 27.9 Å². The highest BCUT2D eigenvalue weighted by Gasteiger charge is 2.39. The number of rotatable bonds is 3. The molecular formula is C25H26N4O. The molecule has 2 aliphatic rings. The Balaban J connectivity index is 1.58. The molecule has 3 atom stereocenters. The molecule has 1 amide bonds. The van der Waals surface area contributed by atoms with Crippen LogP contribution in [0.4, 0.5) is 0 Å². The molecule has 1 N–H and O–H groups in total. The van der Waals surface area contributed by atoms with Crippen molar-refractivity contribution >= 4 is 16.8 Å². The average Bonchev–Trinajstić information content (AvgIpc) is 3.15. The second-order valence-electron chi connectivity index (χ2n) is 8.68. The molecule has 5 rings (SSSR count). The zero-order valence-electron chi connectivity index (χ0n) is 17.4. The van der Waals surface area contributed by atoms with E-state index in [1.54, 1.807) is 0 Å². The zero-order chi connectivity index (χ0) is 20.8. The SMILES string of the molecule is CN1[C@@H]2CC[C@H]1CC(NC(=O)c1c(-c3ccccc3)n(C)c3ccc(C#N)cc13)C2. The van der Waals surface area contributed by atoms with Gasteiger partial charge in [-0.05, 0) is 56.5 Å². The van der Waals surface area contributed by atoms with Gasteiger partial charge in [-0.15, -0.1) is 0 Å². The van der Waals surface area contributed by atoms with Crippen LogP contribution in [-0.2, 0) is 7.05 Å². The second-order valence-corrected chi connectivity index (χ2v) is 8.68. The van der Waals surface area contributed by atoms with Crippen molar-refractivity contribution < 1.29 is 4.79 Å². The second kappa shape index (κ2) is 7.30. The number of nitrogens with zero attached hydrogens (tertiary/aromatic N) is 3. The average molecular weight is 399 g/mol. The summed E-state index contributed by atoms with van der Waals surface area (Å²) in [6, 6.07) is 19.2. The number of aromatic nitrogens is 1. The number of fused-ring (bicyclic) bond motifs is 3. The van der Waals surface area contributed by atoms with E-state index in [1.807, 2.05) is 55.6 Å². The minimum absolute atomic E-state index is 0.0384. The lowest BCUT2D eigenvalue weighted by Crippen LogP contribution is -2.48. The van der Waals surface area contributed by atoms with Crippen LogP contribution < -0.4 is 5.32 Å². The van der Waals surface area contributed by atoms with Crippen LogP contribution in [0.3, 0.4) is 0 Å². The standard InChI is InChI=1S/C25H26N4O/c1-28-19-9-10-20(28)14-18(13-19)27-25(30)23-21-12-16(15-26)8-11-22(21)29(2)24(23)17-6-4-3-5-7-17/h3-8,11-12,18-20H,9-10,13-14H2,1-2H3,(H,27,30)/t18?,19-,20+. The third kappa shape index (κ3) is 3.00. The van der Waals surface area contributed by atoms with Crippen molar-refractivity contribution in [1.82, 2.24) is 14.8 Å². The van der Waals surface area contributed by atoms with Crippen molar-refractivity contribution in [1.29, 1.82) is 5.26 Å². The van der Waals surface area contributed by atoms with Crippen molar-refractivity contribution in [2.24, 2.45) is 7.05 Å². The topological polar surface area (TPSA) is 61.1 Å². The molecule has 2 fully saturated rings. The van der Waals surface area contributed by atoms with Gasteiger partial charge in [0, 0.05) is 36.1 Å². The summed E-state index contributed by atoms with van der Waals surface area (Å²) in [6.07, 6.45) is 4.46. The van der Waals surface area contributed by atoms with Gasteiger partial charge in [0.25, 0.3) is 5.91 Å². The predicted octanol–water partition coefficient (Wildman–Crippen LogP) is 4.07. The maximum atomic E-state index is 13.6. The van der Waals surface area contributed by atoms with Crippen molar-refractivity contribution in [2.45, 2.75) is 43.8 Å². The summed E-state index contributed by atoms with van der Waals surface area (Å²) >= 11 is 0. The summed E-state index contributed by atoms with van der Waals surface area (Å²) in [5.74, 6) is -0.0384. The van der Waals surface area contributed by atoms with Gasteiger partial charge in [-0.25, -0.2) is 0 Å². The zero-order valence-corrected chi connectivity index (χ0v) is 17.4. The van der Waals surface area contributed by atoms with Gasteiger partial charge in [0.05, 0.1) is 22.9 Å². The van der Waals surface area contributed by atoms with Gasteiger partial charge in [0.1, 0.15) is 0 Å². The number of hydrogen-bond acceptors (Lipinski definition) is 3. The molecule has 3 aromatic rings. The summed E-state index contributed by atoms with van der Waals surface area (Å²) in [7, 11) is 4.20. The molecule has 0 aliphatic carbocycles. The van der Waals surface area contributed by atoms with Crippen LogP contribution in [0.25, 0.3) is 22.2 Å². The fourth-order valence-electron chi connectivity index (χ4n) is 5.46. The molecule has 0 saturated carbocycles. The Morgan fingerprint density at radius 3 is 2.43 bits per heavy atom. The van der Waals surface area contributed by atoms with Gasteiger partial charge >= 0.3 is 0 Å². The molecule has 152 valence electrons. The fraction of sp³-hybridized carbons (Fsp3) is 0.360. The molecule has 1 aromatic heterocycles. The van der Waals surface area contributed by atoms with E-state index in [4.69, 9.17) is 0 Å². The van der Waals surface area contributed by atoms with E-state index in [0.717, 1.165) is 35.0 Å². The minimum atomic E-state index is -0.0384. The highest BCUT2D eigenvalue weighted by Crippen LogP contribution is 2.36. The van der Waals surface area contributed by atoms with Gasteiger partial charge in [-0.1, -0.05) is 30.3 Å². The van der Waals surface area contributed by atoms with Gasteiger partial charge in [-0.3, -0.25) is 4.79 Å². The van der Waals surface area contributed by atoms with Crippen LogP contribution in [0.2, 0.25) is 0 Å². The smallest absolute Gasteiger partial charge is 0.254 e. The van der Waals surface area contributed by atoms with Crippen molar-refractivity contribution in [3.63, 3.8) is 0 Å². The van der Waals surface area contributed by atoms with E-state index in [9.17, 15) is 10.1 Å². The van der Waals surface area contributed by atoms with Crippen molar-refractivity contribution in [3.8, 4) is 17.3 Å². The summed E-state index contributed by atoms with van der Waals surface area (Å²) in [6.45, 7) is 0. The number of carbonyl (C=O) groups is 1. The highest BCUT2D eigenvalue weighted by atomic mass is 16.1. The van der Waals surface area contributed by atoms with Crippen LogP contribution >= 0.6 is 0 Å². The third-order valence-corrected chi connectivity index (χ3v) is 7.04. The Morgan fingerprint density at radius 2 is 1.77 bits per heavy atom. The van der Waals surface area contributed by atoms with E-state index >= 15 is 0 Å². The molecule has 2 aromatic carbocycles. The van der Waals surface area contributed by atoms with Crippen molar-refractivity contribution in [2.75, 3.05) is 7.05 Å². The number of nitrogens with one attached hydrogen (secondary N) is 1. The number of aryl methyl sites for hydroxylation is 1. The quantitative estimate of drug-likeness (QED) is 0.723. The molecule has 2 saturated heterocycles. The van der Waals surface area contributed by atoms with Crippen LogP contribution in [0, 0.1) is 11.3 Å². The summed E-state index contributed by atoms with van der Waals surface area (Å²) in [4.78, 5) is 16.1. The van der Waals surface area contributed by atoms with E-state index in [0.29, 0.717) is 23.2 Å². The molecule has 5 nitrogen and oxygen atoms in total. The molecule has 2 bridgehead atoms. The van der Waals surface area contributed by atoms with Gasteiger partial charge < -0.3 is 14.8 Å². The molecular weight excluding hydrogens is 372 g/mol. The Morgan fingerprint density at radius 1 is 1.07 bits per heavy atom. The molecule has 0 radical (unpaired) electrons. The number of amides is 1. The lowest BCUT2D eigenvalue weighted by atomic mass is 9.97. The summed E-state index contributed by atoms with van der Waals surface area (Å²) < 4.78 is 2.07. The number of nitriles is 1. The largest absolute Gasteiger partial charge is 0.349 e. The van der Waals surface area contributed by atoms with E-state index in [1.165, 1.54) is 12.8 Å². The Hall–Kier alpha value is -3.10. The lowest BCUT2D eigenvalue weighted by Gasteiger charge is -2.36. The first-order valence-corrected chi connectivity index (χ1v) is 10.7. The van der Waals surface area contributed by atoms with Crippen LogP contribution in [0.15, 0.2) is 48.5 Å². The number of hydrogen-bond donors (Lipinski definition) is 1. The predicted molar refractivity (Wildman–Crippen MR) is 118 cm³/mol. The van der Waals surface area contributed by atoms with Crippen LogP contribution in [0.1, 0.15) is 41.6 Å². The van der Waals surface area contributed by atoms with Gasteiger partial charge in [0.15, 0.2) is 0 Å². The Kier molecular flexibility index (Phi) is 4.60. The molecule has 1 unspecified atom stereocenters. The summed E-state index contributed by atoms with van der Waals surface area (Å²) in [5, 5.41) is 13.6. The van der Waals surface area contributed by atoms with Crippen molar-refractivity contribution in [3.05, 3.63) is 59.7 Å². The molecule has 0 spiro atoms. The number of carbonyl (C=O) groups excluding carboxylic acids is 1. The summed E-state index contributed by atoms with van der Waals surface area (Å²) in [5.41, 5.74) is 4.10. The first-order chi connectivity index (χ1) is 14.6. The number of piperidine rings is 1. The minimum Gasteiger partial charge on any atom is -0.349 e. The van der Waals surface area contributed by atoms with E-state index in [-0.39, 0.29) is 11.9 Å². The molecule has 5 heteroatoms. The first-order valence-electron chi connectivity index (χ1n) is 10.7. The molecule has 3 heterocycles. The van der Waals surface area contributed by atoms with Gasteiger partial charge in [0.2, 0.25) is 0 Å². The fourth-order valence-corrected chi connectivity index (χ4v) is 5.46. The molecule has 2 aliphatic heterocycles. The maximum absolute atomic E-state index is 13.6. The number of benzene rings is 2. The normalized spacial score (nSPS) is 23.4.